The van der Waals surface area contributed by atoms with Gasteiger partial charge in [0.15, 0.2) is 0 Å². The lowest BCUT2D eigenvalue weighted by molar-refractivity contribution is -0.119. The Balaban J connectivity index is 2.04. The van der Waals surface area contributed by atoms with E-state index < -0.39 is 0 Å². The molecule has 0 spiro atoms. The van der Waals surface area contributed by atoms with Crippen LogP contribution >= 0.6 is 0 Å². The summed E-state index contributed by atoms with van der Waals surface area (Å²) >= 11 is 0. The first-order valence-corrected chi connectivity index (χ1v) is 7.07. The molecule has 0 atom stereocenters. The molecule has 0 saturated carbocycles. The van der Waals surface area contributed by atoms with E-state index in [1.54, 1.807) is 6.07 Å². The smallest absolute Gasteiger partial charge is 0.276 e. The molecule has 0 aromatic heterocycles. The third-order valence-electron chi connectivity index (χ3n) is 3.67. The van der Waals surface area contributed by atoms with Gasteiger partial charge in [0.2, 0.25) is 5.91 Å². The molecular weight excluding hydrogens is 278 g/mol. The van der Waals surface area contributed by atoms with E-state index in [1.807, 2.05) is 60.5 Å². The Bertz CT molecular complexity index is 715. The molecule has 0 bridgehead atoms. The van der Waals surface area contributed by atoms with E-state index in [-0.39, 0.29) is 11.8 Å². The van der Waals surface area contributed by atoms with Crippen LogP contribution in [0.1, 0.15) is 17.3 Å². The van der Waals surface area contributed by atoms with Crippen molar-refractivity contribution in [1.82, 2.24) is 5.01 Å². The Morgan fingerprint density at radius 2 is 1.68 bits per heavy atom. The van der Waals surface area contributed by atoms with Crippen LogP contribution < -0.4 is 9.91 Å². The van der Waals surface area contributed by atoms with E-state index in [9.17, 15) is 9.59 Å². The van der Waals surface area contributed by atoms with Gasteiger partial charge in [-0.2, -0.15) is 0 Å². The number of hydrogen-bond acceptors (Lipinski definition) is 3. The van der Waals surface area contributed by atoms with E-state index >= 15 is 0 Å². The molecule has 112 valence electrons. The van der Waals surface area contributed by atoms with Crippen LogP contribution in [0.5, 0.6) is 0 Å². The minimum Gasteiger partial charge on any atom is -0.355 e. The fourth-order valence-corrected chi connectivity index (χ4v) is 2.68. The quantitative estimate of drug-likeness (QED) is 0.855. The highest BCUT2D eigenvalue weighted by atomic mass is 16.2. The summed E-state index contributed by atoms with van der Waals surface area (Å²) in [6.45, 7) is 1.78. The lowest BCUT2D eigenvalue weighted by Gasteiger charge is -2.41. The second kappa shape index (κ2) is 5.52. The summed E-state index contributed by atoms with van der Waals surface area (Å²) in [6.07, 6.45) is 0. The van der Waals surface area contributed by atoms with Crippen molar-refractivity contribution in [3.05, 3.63) is 60.2 Å². The number of hydrogen-bond donors (Lipinski definition) is 0. The summed E-state index contributed by atoms with van der Waals surface area (Å²) in [5, 5.41) is 2.90. The topological polar surface area (TPSA) is 43.9 Å². The summed E-state index contributed by atoms with van der Waals surface area (Å²) < 4.78 is 0. The van der Waals surface area contributed by atoms with Crippen LogP contribution in [0.25, 0.3) is 0 Å². The van der Waals surface area contributed by atoms with Gasteiger partial charge < -0.3 is 4.90 Å². The maximum absolute atomic E-state index is 12.8. The van der Waals surface area contributed by atoms with Gasteiger partial charge in [-0.05, 0) is 24.3 Å². The molecule has 2 amide bonds. The van der Waals surface area contributed by atoms with Crippen LogP contribution in [0.15, 0.2) is 54.6 Å². The molecule has 1 aliphatic rings. The Morgan fingerprint density at radius 1 is 1.05 bits per heavy atom. The van der Waals surface area contributed by atoms with Gasteiger partial charge in [-0.3, -0.25) is 9.59 Å². The van der Waals surface area contributed by atoms with Crippen molar-refractivity contribution in [2.45, 2.75) is 6.92 Å². The monoisotopic (exact) mass is 295 g/mol. The molecule has 0 unspecified atom stereocenters. The average molecular weight is 295 g/mol. The highest BCUT2D eigenvalue weighted by molar-refractivity contribution is 6.05. The van der Waals surface area contributed by atoms with Gasteiger partial charge in [0.05, 0.1) is 16.9 Å². The van der Waals surface area contributed by atoms with E-state index in [0.717, 1.165) is 5.69 Å². The van der Waals surface area contributed by atoms with Crippen LogP contribution in [0, 0.1) is 0 Å². The molecule has 3 rings (SSSR count). The lowest BCUT2D eigenvalue weighted by atomic mass is 10.1. The molecule has 5 nitrogen and oxygen atoms in total. The number of carbonyl (C=O) groups is 2. The first-order chi connectivity index (χ1) is 10.6. The lowest BCUT2D eigenvalue weighted by Crippen LogP contribution is -2.56. The minimum atomic E-state index is -0.202. The van der Waals surface area contributed by atoms with Gasteiger partial charge in [0, 0.05) is 14.0 Å². The molecule has 1 heterocycles. The van der Waals surface area contributed by atoms with Crippen molar-refractivity contribution >= 4 is 23.2 Å². The van der Waals surface area contributed by atoms with Crippen molar-refractivity contribution in [1.29, 1.82) is 0 Å². The molecule has 0 radical (unpaired) electrons. The van der Waals surface area contributed by atoms with Crippen molar-refractivity contribution in [2.75, 3.05) is 23.6 Å². The molecule has 1 aliphatic heterocycles. The first-order valence-electron chi connectivity index (χ1n) is 7.07. The molecule has 22 heavy (non-hydrogen) atoms. The zero-order chi connectivity index (χ0) is 15.7. The maximum atomic E-state index is 12.8. The third kappa shape index (κ3) is 2.30. The number of rotatable bonds is 2. The SMILES string of the molecule is CC(=O)N(c1ccccc1)N1CN(C)c2ccccc2C1=O. The normalized spacial score (nSPS) is 13.8. The average Bonchev–Trinajstić information content (AvgIpc) is 2.53. The van der Waals surface area contributed by atoms with E-state index in [4.69, 9.17) is 0 Å². The van der Waals surface area contributed by atoms with Crippen molar-refractivity contribution in [3.63, 3.8) is 0 Å². The zero-order valence-corrected chi connectivity index (χ0v) is 12.6. The van der Waals surface area contributed by atoms with Gasteiger partial charge in [-0.25, -0.2) is 10.0 Å². The zero-order valence-electron chi connectivity index (χ0n) is 12.6. The molecule has 0 fully saturated rings. The molecular formula is C17H17N3O2. The molecule has 2 aromatic carbocycles. The summed E-state index contributed by atoms with van der Waals surface area (Å²) in [5.74, 6) is -0.375. The molecule has 5 heteroatoms. The van der Waals surface area contributed by atoms with E-state index in [1.165, 1.54) is 16.9 Å². The Kier molecular flexibility index (Phi) is 3.55. The van der Waals surface area contributed by atoms with Crippen molar-refractivity contribution < 1.29 is 9.59 Å². The number of carbonyl (C=O) groups excluding carboxylic acids is 2. The summed E-state index contributed by atoms with van der Waals surface area (Å²) in [6, 6.07) is 16.6. The van der Waals surface area contributed by atoms with Crippen molar-refractivity contribution in [2.24, 2.45) is 0 Å². The Hall–Kier alpha value is -2.82. The van der Waals surface area contributed by atoms with E-state index in [0.29, 0.717) is 17.9 Å². The summed E-state index contributed by atoms with van der Waals surface area (Å²) in [5.41, 5.74) is 2.15. The summed E-state index contributed by atoms with van der Waals surface area (Å²) in [4.78, 5) is 26.9. The minimum absolute atomic E-state index is 0.173. The summed E-state index contributed by atoms with van der Waals surface area (Å²) in [7, 11) is 1.90. The van der Waals surface area contributed by atoms with Gasteiger partial charge in [0.1, 0.15) is 6.67 Å². The first kappa shape index (κ1) is 14.1. The van der Waals surface area contributed by atoms with Crippen LogP contribution in [0.4, 0.5) is 11.4 Å². The van der Waals surface area contributed by atoms with E-state index in [2.05, 4.69) is 0 Å². The largest absolute Gasteiger partial charge is 0.355 e. The second-order valence-electron chi connectivity index (χ2n) is 5.23. The maximum Gasteiger partial charge on any atom is 0.276 e. The molecule has 0 N–H and O–H groups in total. The number of nitrogens with zero attached hydrogens (tertiary/aromatic N) is 3. The van der Waals surface area contributed by atoms with Gasteiger partial charge in [-0.1, -0.05) is 30.3 Å². The van der Waals surface area contributed by atoms with Gasteiger partial charge in [0.25, 0.3) is 5.91 Å². The molecule has 0 aliphatic carbocycles. The van der Waals surface area contributed by atoms with Gasteiger partial charge >= 0.3 is 0 Å². The highest BCUT2D eigenvalue weighted by Crippen LogP contribution is 2.28. The molecule has 0 saturated heterocycles. The van der Waals surface area contributed by atoms with Crippen LogP contribution in [-0.4, -0.2) is 30.5 Å². The number of para-hydroxylation sites is 2. The number of hydrazine groups is 1. The fourth-order valence-electron chi connectivity index (χ4n) is 2.68. The fraction of sp³-hybridized carbons (Fsp3) is 0.176. The third-order valence-corrected chi connectivity index (χ3v) is 3.67. The predicted molar refractivity (Wildman–Crippen MR) is 85.5 cm³/mol. The highest BCUT2D eigenvalue weighted by Gasteiger charge is 2.33. The number of benzene rings is 2. The predicted octanol–water partition coefficient (Wildman–Crippen LogP) is 2.50. The van der Waals surface area contributed by atoms with Gasteiger partial charge in [-0.15, -0.1) is 0 Å². The van der Waals surface area contributed by atoms with Crippen LogP contribution in [-0.2, 0) is 4.79 Å². The number of fused-ring (bicyclic) bond motifs is 1. The Labute approximate surface area is 129 Å². The Morgan fingerprint density at radius 3 is 2.36 bits per heavy atom. The number of amides is 2. The molecule has 2 aromatic rings. The standard InChI is InChI=1S/C17H17N3O2/c1-13(21)20(14-8-4-3-5-9-14)19-12-18(2)16-11-7-6-10-15(16)17(19)22/h3-11H,12H2,1-2H3. The number of anilines is 2. The second-order valence-corrected chi connectivity index (χ2v) is 5.23. The van der Waals surface area contributed by atoms with Crippen molar-refractivity contribution in [3.8, 4) is 0 Å². The van der Waals surface area contributed by atoms with Crippen LogP contribution in [0.3, 0.4) is 0 Å². The van der Waals surface area contributed by atoms with Crippen LogP contribution in [0.2, 0.25) is 0 Å².